The molecule has 0 amide bonds. The largest absolute Gasteiger partial charge is 0.357 e. The molecule has 0 aliphatic rings. The number of rotatable bonds is 7. The first-order valence-corrected chi connectivity index (χ1v) is 8.40. The molecule has 0 bridgehead atoms. The normalized spacial score (nSPS) is 11.7. The highest BCUT2D eigenvalue weighted by Gasteiger charge is 2.04. The highest BCUT2D eigenvalue weighted by atomic mass is 127. The summed E-state index contributed by atoms with van der Waals surface area (Å²) in [5, 5.41) is 10.9. The molecule has 6 nitrogen and oxygen atoms in total. The summed E-state index contributed by atoms with van der Waals surface area (Å²) in [5.41, 5.74) is 0.616. The molecule has 0 spiro atoms. The van der Waals surface area contributed by atoms with Gasteiger partial charge in [0.1, 0.15) is 5.82 Å². The summed E-state index contributed by atoms with van der Waals surface area (Å²) in [6, 6.07) is 6.57. The van der Waals surface area contributed by atoms with Crippen LogP contribution in [0, 0.1) is 5.82 Å². The maximum atomic E-state index is 13.4. The number of aliphatic imine (C=N–C) groups is 1. The molecule has 0 saturated carbocycles. The third-order valence-electron chi connectivity index (χ3n) is 2.63. The Kier molecular flexibility index (Phi) is 10.3. The number of guanidine groups is 1. The Morgan fingerprint density at radius 2 is 2.00 bits per heavy atom. The molecule has 22 heavy (non-hydrogen) atoms. The molecule has 0 atom stereocenters. The van der Waals surface area contributed by atoms with Crippen LogP contribution in [0.4, 0.5) is 4.39 Å². The van der Waals surface area contributed by atoms with Crippen molar-refractivity contribution >= 4 is 40.0 Å². The van der Waals surface area contributed by atoms with Crippen LogP contribution in [0.3, 0.4) is 0 Å². The van der Waals surface area contributed by atoms with Gasteiger partial charge in [-0.1, -0.05) is 18.2 Å². The average Bonchev–Trinajstić information content (AvgIpc) is 2.39. The van der Waals surface area contributed by atoms with Gasteiger partial charge in [-0.05, 0) is 25.0 Å². The predicted octanol–water partition coefficient (Wildman–Crippen LogP) is 0.830. The number of nitrogens with one attached hydrogen (secondary N) is 2. The van der Waals surface area contributed by atoms with Gasteiger partial charge in [0.2, 0.25) is 10.0 Å². The first-order chi connectivity index (χ1) is 9.92. The van der Waals surface area contributed by atoms with E-state index in [0.717, 1.165) is 0 Å². The van der Waals surface area contributed by atoms with Gasteiger partial charge in [0.25, 0.3) is 0 Å². The van der Waals surface area contributed by atoms with Gasteiger partial charge in [-0.15, -0.1) is 24.0 Å². The Morgan fingerprint density at radius 3 is 2.59 bits per heavy atom. The monoisotopic (exact) mass is 444 g/mol. The van der Waals surface area contributed by atoms with Crippen LogP contribution in [0.15, 0.2) is 29.3 Å². The van der Waals surface area contributed by atoms with Crippen LogP contribution in [0.2, 0.25) is 0 Å². The van der Waals surface area contributed by atoms with E-state index in [1.54, 1.807) is 18.2 Å². The lowest BCUT2D eigenvalue weighted by Crippen LogP contribution is -2.38. The maximum absolute atomic E-state index is 13.4. The summed E-state index contributed by atoms with van der Waals surface area (Å²) >= 11 is 0. The molecule has 126 valence electrons. The van der Waals surface area contributed by atoms with Crippen molar-refractivity contribution in [2.24, 2.45) is 10.1 Å². The van der Waals surface area contributed by atoms with Crippen molar-refractivity contribution in [1.29, 1.82) is 0 Å². The van der Waals surface area contributed by atoms with Gasteiger partial charge in [0.05, 0.1) is 12.3 Å². The van der Waals surface area contributed by atoms with Crippen molar-refractivity contribution in [3.05, 3.63) is 35.6 Å². The molecule has 9 heteroatoms. The lowest BCUT2D eigenvalue weighted by atomic mass is 10.1. The third-order valence-corrected chi connectivity index (χ3v) is 3.39. The minimum absolute atomic E-state index is 0. The molecule has 0 heterocycles. The lowest BCUT2D eigenvalue weighted by Gasteiger charge is -2.11. The van der Waals surface area contributed by atoms with E-state index in [-0.39, 0.29) is 42.1 Å². The Bertz CT molecular complexity index is 581. The number of sulfonamides is 1. The average molecular weight is 444 g/mol. The van der Waals surface area contributed by atoms with E-state index in [9.17, 15) is 12.8 Å². The zero-order valence-electron chi connectivity index (χ0n) is 12.4. The number of nitrogens with two attached hydrogens (primary N) is 1. The van der Waals surface area contributed by atoms with Gasteiger partial charge in [-0.25, -0.2) is 17.9 Å². The van der Waals surface area contributed by atoms with Gasteiger partial charge < -0.3 is 10.6 Å². The first kappa shape index (κ1) is 21.1. The van der Waals surface area contributed by atoms with Crippen LogP contribution in [-0.2, 0) is 16.4 Å². The van der Waals surface area contributed by atoms with Crippen molar-refractivity contribution in [3.8, 4) is 0 Å². The molecule has 0 unspecified atom stereocenters. The maximum Gasteiger partial charge on any atom is 0.210 e. The molecule has 1 aromatic rings. The molecule has 4 N–H and O–H groups in total. The molecule has 0 radical (unpaired) electrons. The number of benzene rings is 1. The minimum atomic E-state index is -3.52. The van der Waals surface area contributed by atoms with E-state index < -0.39 is 10.0 Å². The summed E-state index contributed by atoms with van der Waals surface area (Å²) < 4.78 is 35.1. The summed E-state index contributed by atoms with van der Waals surface area (Å²) in [7, 11) is -3.52. The zero-order valence-corrected chi connectivity index (χ0v) is 15.5. The standard InChI is InChI=1S/C13H21FN4O2S.HI/c1-2-16-13(18-9-10-21(15,19)20)17-8-7-11-5-3-4-6-12(11)14;/h3-6H,2,7-10H2,1H3,(H2,15,19,20)(H2,16,17,18);1H. The van der Waals surface area contributed by atoms with Gasteiger partial charge in [0, 0.05) is 13.1 Å². The third kappa shape index (κ3) is 9.15. The Balaban J connectivity index is 0.00000441. The topological polar surface area (TPSA) is 96.6 Å². The second-order valence-electron chi connectivity index (χ2n) is 4.40. The van der Waals surface area contributed by atoms with Gasteiger partial charge in [0.15, 0.2) is 5.96 Å². The van der Waals surface area contributed by atoms with E-state index in [1.165, 1.54) is 6.07 Å². The van der Waals surface area contributed by atoms with Crippen LogP contribution in [0.5, 0.6) is 0 Å². The fourth-order valence-electron chi connectivity index (χ4n) is 1.64. The summed E-state index contributed by atoms with van der Waals surface area (Å²) in [4.78, 5) is 4.09. The second kappa shape index (κ2) is 10.7. The van der Waals surface area contributed by atoms with Crippen molar-refractivity contribution in [2.75, 3.05) is 25.4 Å². The SMILES string of the molecule is CCNC(=NCCS(N)(=O)=O)NCCc1ccccc1F.I. The van der Waals surface area contributed by atoms with Crippen LogP contribution >= 0.6 is 24.0 Å². The number of nitrogens with zero attached hydrogens (tertiary/aromatic N) is 1. The number of hydrogen-bond acceptors (Lipinski definition) is 3. The van der Waals surface area contributed by atoms with Crippen LogP contribution in [-0.4, -0.2) is 39.8 Å². The van der Waals surface area contributed by atoms with E-state index in [4.69, 9.17) is 5.14 Å². The van der Waals surface area contributed by atoms with Gasteiger partial charge in [-0.2, -0.15) is 0 Å². The van der Waals surface area contributed by atoms with Gasteiger partial charge >= 0.3 is 0 Å². The molecule has 0 fully saturated rings. The molecular weight excluding hydrogens is 422 g/mol. The molecule has 1 aromatic carbocycles. The lowest BCUT2D eigenvalue weighted by molar-refractivity contribution is 0.597. The fourth-order valence-corrected chi connectivity index (χ4v) is 1.99. The molecule has 0 aliphatic carbocycles. The van der Waals surface area contributed by atoms with E-state index >= 15 is 0 Å². The summed E-state index contributed by atoms with van der Waals surface area (Å²) in [5.74, 6) is 0.0321. The zero-order chi connectivity index (χ0) is 15.7. The van der Waals surface area contributed by atoms with Crippen molar-refractivity contribution in [1.82, 2.24) is 10.6 Å². The van der Waals surface area contributed by atoms with Crippen LogP contribution in [0.25, 0.3) is 0 Å². The molecule has 1 rings (SSSR count). The number of hydrogen-bond donors (Lipinski definition) is 3. The van der Waals surface area contributed by atoms with Crippen molar-refractivity contribution < 1.29 is 12.8 Å². The molecule has 0 aliphatic heterocycles. The first-order valence-electron chi connectivity index (χ1n) is 6.68. The highest BCUT2D eigenvalue weighted by molar-refractivity contribution is 14.0. The number of halogens is 2. The summed E-state index contributed by atoms with van der Waals surface area (Å²) in [6.07, 6.45) is 0.506. The summed E-state index contributed by atoms with van der Waals surface area (Å²) in [6.45, 7) is 3.10. The minimum Gasteiger partial charge on any atom is -0.357 e. The number of primary sulfonamides is 1. The molecular formula is C13H22FIN4O2S. The Labute approximate surface area is 147 Å². The smallest absolute Gasteiger partial charge is 0.210 e. The van der Waals surface area contributed by atoms with Crippen molar-refractivity contribution in [2.45, 2.75) is 13.3 Å². The van der Waals surface area contributed by atoms with Crippen LogP contribution < -0.4 is 15.8 Å². The molecule has 0 aromatic heterocycles. The quantitative estimate of drug-likeness (QED) is 0.330. The predicted molar refractivity (Wildman–Crippen MR) is 97.5 cm³/mol. The van der Waals surface area contributed by atoms with Crippen LogP contribution in [0.1, 0.15) is 12.5 Å². The van der Waals surface area contributed by atoms with Crippen molar-refractivity contribution in [3.63, 3.8) is 0 Å². The van der Waals surface area contributed by atoms with E-state index in [1.807, 2.05) is 6.92 Å². The highest BCUT2D eigenvalue weighted by Crippen LogP contribution is 2.05. The Morgan fingerprint density at radius 1 is 1.32 bits per heavy atom. The van der Waals surface area contributed by atoms with E-state index in [2.05, 4.69) is 15.6 Å². The van der Waals surface area contributed by atoms with Gasteiger partial charge in [-0.3, -0.25) is 4.99 Å². The fraction of sp³-hybridized carbons (Fsp3) is 0.462. The molecule has 0 saturated heterocycles. The van der Waals surface area contributed by atoms with E-state index in [0.29, 0.717) is 31.0 Å². The second-order valence-corrected chi connectivity index (χ2v) is 6.13. The Hall–Kier alpha value is -0.940.